The average Bonchev–Trinajstić information content (AvgIpc) is 2.29. The topological polar surface area (TPSA) is 58.4 Å². The van der Waals surface area contributed by atoms with Gasteiger partial charge in [-0.3, -0.25) is 9.69 Å². The van der Waals surface area contributed by atoms with Crippen LogP contribution in [0, 0.1) is 0 Å². The standard InChI is InChI=1S/C12H25N3O/c1-11-5-2-3-9-15(11)10-8-14-12(16)6-4-7-13/h11H,2-10,13H2,1H3,(H,14,16). The van der Waals surface area contributed by atoms with E-state index in [4.69, 9.17) is 5.73 Å². The molecule has 16 heavy (non-hydrogen) atoms. The minimum absolute atomic E-state index is 0.134. The van der Waals surface area contributed by atoms with Crippen molar-refractivity contribution in [2.45, 2.75) is 45.1 Å². The molecular formula is C12H25N3O. The fourth-order valence-corrected chi connectivity index (χ4v) is 2.18. The number of likely N-dealkylation sites (tertiary alicyclic amines) is 1. The summed E-state index contributed by atoms with van der Waals surface area (Å²) in [6, 6.07) is 0.676. The van der Waals surface area contributed by atoms with E-state index in [1.165, 1.54) is 25.8 Å². The number of carbonyl (C=O) groups excluding carboxylic acids is 1. The highest BCUT2D eigenvalue weighted by Crippen LogP contribution is 2.15. The summed E-state index contributed by atoms with van der Waals surface area (Å²) in [4.78, 5) is 13.8. The molecule has 1 heterocycles. The van der Waals surface area contributed by atoms with Crippen molar-refractivity contribution in [1.82, 2.24) is 10.2 Å². The molecule has 1 aliphatic heterocycles. The van der Waals surface area contributed by atoms with Crippen molar-refractivity contribution >= 4 is 5.91 Å². The smallest absolute Gasteiger partial charge is 0.220 e. The van der Waals surface area contributed by atoms with Crippen LogP contribution in [0.4, 0.5) is 0 Å². The van der Waals surface area contributed by atoms with Crippen LogP contribution in [-0.4, -0.2) is 43.0 Å². The lowest BCUT2D eigenvalue weighted by Crippen LogP contribution is -2.42. The van der Waals surface area contributed by atoms with Gasteiger partial charge in [0.2, 0.25) is 5.91 Å². The molecule has 0 radical (unpaired) electrons. The lowest BCUT2D eigenvalue weighted by molar-refractivity contribution is -0.121. The monoisotopic (exact) mass is 227 g/mol. The van der Waals surface area contributed by atoms with Gasteiger partial charge >= 0.3 is 0 Å². The molecule has 0 spiro atoms. The molecule has 0 aromatic carbocycles. The molecule has 0 saturated carbocycles. The molecule has 0 aromatic rings. The summed E-state index contributed by atoms with van der Waals surface area (Å²) in [5.41, 5.74) is 5.35. The Hall–Kier alpha value is -0.610. The van der Waals surface area contributed by atoms with Crippen LogP contribution in [0.15, 0.2) is 0 Å². The Bertz CT molecular complexity index is 208. The molecule has 1 unspecified atom stereocenters. The summed E-state index contributed by atoms with van der Waals surface area (Å²) in [6.45, 7) is 5.80. The molecular weight excluding hydrogens is 202 g/mol. The first kappa shape index (κ1) is 13.5. The Kier molecular flexibility index (Phi) is 6.42. The van der Waals surface area contributed by atoms with Gasteiger partial charge in [0.05, 0.1) is 0 Å². The minimum atomic E-state index is 0.134. The quantitative estimate of drug-likeness (QED) is 0.703. The molecule has 0 bridgehead atoms. The third-order valence-electron chi connectivity index (χ3n) is 3.27. The molecule has 1 saturated heterocycles. The zero-order valence-electron chi connectivity index (χ0n) is 10.4. The SMILES string of the molecule is CC1CCCCN1CCNC(=O)CCCN. The van der Waals surface area contributed by atoms with Crippen LogP contribution in [0.2, 0.25) is 0 Å². The van der Waals surface area contributed by atoms with Crippen LogP contribution < -0.4 is 11.1 Å². The van der Waals surface area contributed by atoms with Crippen molar-refractivity contribution in [3.63, 3.8) is 0 Å². The second-order valence-corrected chi connectivity index (χ2v) is 4.62. The van der Waals surface area contributed by atoms with Crippen molar-refractivity contribution in [1.29, 1.82) is 0 Å². The first-order valence-corrected chi connectivity index (χ1v) is 6.45. The predicted octanol–water partition coefficient (Wildman–Crippen LogP) is 0.716. The second kappa shape index (κ2) is 7.63. The largest absolute Gasteiger partial charge is 0.355 e. The molecule has 1 aliphatic rings. The van der Waals surface area contributed by atoms with Gasteiger partial charge in [-0.05, 0) is 39.3 Å². The zero-order chi connectivity index (χ0) is 11.8. The van der Waals surface area contributed by atoms with E-state index in [9.17, 15) is 4.79 Å². The molecule has 1 rings (SSSR count). The number of rotatable bonds is 6. The van der Waals surface area contributed by atoms with Gasteiger partial charge in [-0.25, -0.2) is 0 Å². The maximum absolute atomic E-state index is 11.3. The molecule has 3 N–H and O–H groups in total. The van der Waals surface area contributed by atoms with E-state index < -0.39 is 0 Å². The maximum Gasteiger partial charge on any atom is 0.220 e. The second-order valence-electron chi connectivity index (χ2n) is 4.62. The Morgan fingerprint density at radius 2 is 2.31 bits per heavy atom. The van der Waals surface area contributed by atoms with Crippen molar-refractivity contribution in [3.8, 4) is 0 Å². The van der Waals surface area contributed by atoms with Crippen LogP contribution >= 0.6 is 0 Å². The van der Waals surface area contributed by atoms with Gasteiger partial charge in [0.25, 0.3) is 0 Å². The summed E-state index contributed by atoms with van der Waals surface area (Å²) in [5, 5.41) is 2.95. The Morgan fingerprint density at radius 1 is 1.50 bits per heavy atom. The van der Waals surface area contributed by atoms with Crippen LogP contribution in [0.3, 0.4) is 0 Å². The number of hydrogen-bond acceptors (Lipinski definition) is 3. The molecule has 0 aliphatic carbocycles. The number of hydrogen-bond donors (Lipinski definition) is 2. The summed E-state index contributed by atoms with van der Waals surface area (Å²) >= 11 is 0. The van der Waals surface area contributed by atoms with E-state index in [1.54, 1.807) is 0 Å². The minimum Gasteiger partial charge on any atom is -0.355 e. The predicted molar refractivity (Wildman–Crippen MR) is 66.2 cm³/mol. The molecule has 1 fully saturated rings. The Labute approximate surface area is 98.6 Å². The number of nitrogens with zero attached hydrogens (tertiary/aromatic N) is 1. The van der Waals surface area contributed by atoms with Gasteiger partial charge in [-0.15, -0.1) is 0 Å². The zero-order valence-corrected chi connectivity index (χ0v) is 10.4. The highest BCUT2D eigenvalue weighted by molar-refractivity contribution is 5.75. The molecule has 4 heteroatoms. The fourth-order valence-electron chi connectivity index (χ4n) is 2.18. The molecule has 94 valence electrons. The first-order chi connectivity index (χ1) is 7.74. The highest BCUT2D eigenvalue weighted by Gasteiger charge is 2.17. The van der Waals surface area contributed by atoms with Crippen molar-refractivity contribution in [2.24, 2.45) is 5.73 Å². The Balaban J connectivity index is 2.07. The van der Waals surface area contributed by atoms with E-state index in [2.05, 4.69) is 17.1 Å². The molecule has 0 aromatic heterocycles. The van der Waals surface area contributed by atoms with Crippen molar-refractivity contribution in [2.75, 3.05) is 26.2 Å². The van der Waals surface area contributed by atoms with Gasteiger partial charge in [0, 0.05) is 25.6 Å². The number of nitrogens with one attached hydrogen (secondary N) is 1. The summed E-state index contributed by atoms with van der Waals surface area (Å²) < 4.78 is 0. The van der Waals surface area contributed by atoms with E-state index in [-0.39, 0.29) is 5.91 Å². The number of amides is 1. The summed E-state index contributed by atoms with van der Waals surface area (Å²) in [6.07, 6.45) is 5.28. The number of piperidine rings is 1. The van der Waals surface area contributed by atoms with Crippen LogP contribution in [0.5, 0.6) is 0 Å². The fraction of sp³-hybridized carbons (Fsp3) is 0.917. The van der Waals surface area contributed by atoms with Gasteiger partial charge in [-0.1, -0.05) is 6.42 Å². The van der Waals surface area contributed by atoms with Crippen molar-refractivity contribution < 1.29 is 4.79 Å². The third kappa shape index (κ3) is 4.94. The molecule has 4 nitrogen and oxygen atoms in total. The maximum atomic E-state index is 11.3. The van der Waals surface area contributed by atoms with Gasteiger partial charge in [0.15, 0.2) is 0 Å². The van der Waals surface area contributed by atoms with E-state index in [0.717, 1.165) is 19.5 Å². The van der Waals surface area contributed by atoms with Crippen LogP contribution in [0.25, 0.3) is 0 Å². The lowest BCUT2D eigenvalue weighted by atomic mass is 10.0. The average molecular weight is 227 g/mol. The summed E-state index contributed by atoms with van der Waals surface area (Å²) in [7, 11) is 0. The first-order valence-electron chi connectivity index (χ1n) is 6.45. The highest BCUT2D eigenvalue weighted by atomic mass is 16.1. The Morgan fingerprint density at radius 3 is 3.00 bits per heavy atom. The van der Waals surface area contributed by atoms with Gasteiger partial charge < -0.3 is 11.1 Å². The lowest BCUT2D eigenvalue weighted by Gasteiger charge is -2.33. The normalized spacial score (nSPS) is 22.0. The van der Waals surface area contributed by atoms with E-state index >= 15 is 0 Å². The van der Waals surface area contributed by atoms with Crippen LogP contribution in [-0.2, 0) is 4.79 Å². The third-order valence-corrected chi connectivity index (χ3v) is 3.27. The van der Waals surface area contributed by atoms with Crippen LogP contribution in [0.1, 0.15) is 39.0 Å². The van der Waals surface area contributed by atoms with E-state index in [1.807, 2.05) is 0 Å². The summed E-state index contributed by atoms with van der Waals surface area (Å²) in [5.74, 6) is 0.134. The number of nitrogens with two attached hydrogens (primary N) is 1. The van der Waals surface area contributed by atoms with Gasteiger partial charge in [-0.2, -0.15) is 0 Å². The number of carbonyl (C=O) groups is 1. The van der Waals surface area contributed by atoms with Gasteiger partial charge in [0.1, 0.15) is 0 Å². The van der Waals surface area contributed by atoms with Crippen molar-refractivity contribution in [3.05, 3.63) is 0 Å². The van der Waals surface area contributed by atoms with E-state index in [0.29, 0.717) is 19.0 Å². The molecule has 1 amide bonds. The molecule has 1 atom stereocenters.